The van der Waals surface area contributed by atoms with E-state index in [0.29, 0.717) is 5.92 Å². The van der Waals surface area contributed by atoms with E-state index < -0.39 is 0 Å². The Hall–Kier alpha value is -4.96. The molecule has 0 amide bonds. The van der Waals surface area contributed by atoms with Crippen LogP contribution < -0.4 is 16.4 Å². The van der Waals surface area contributed by atoms with Gasteiger partial charge in [0.1, 0.15) is 0 Å². The molecule has 0 atom stereocenters. The van der Waals surface area contributed by atoms with Crippen molar-refractivity contribution in [1.29, 1.82) is 0 Å². The molecule has 8 aromatic carbocycles. The molecule has 54 heavy (non-hydrogen) atoms. The summed E-state index contributed by atoms with van der Waals surface area (Å²) in [7, 11) is 0. The molecule has 0 N–H and O–H groups in total. The van der Waals surface area contributed by atoms with Crippen LogP contribution in [0.25, 0.3) is 54.9 Å². The summed E-state index contributed by atoms with van der Waals surface area (Å²) in [5, 5.41) is 5.16. The highest BCUT2D eigenvalue weighted by atomic mass is 32.2. The Morgan fingerprint density at radius 2 is 0.963 bits per heavy atom. The third-order valence-electron chi connectivity index (χ3n) is 11.5. The van der Waals surface area contributed by atoms with Crippen LogP contribution in [-0.4, -0.2) is 6.71 Å². The van der Waals surface area contributed by atoms with Gasteiger partial charge in [-0.3, -0.25) is 0 Å². The average molecular weight is 729 g/mol. The highest BCUT2D eigenvalue weighted by molar-refractivity contribution is 8.01. The number of hydrogen-bond acceptors (Lipinski definition) is 2. The Morgan fingerprint density at radius 3 is 1.59 bits per heavy atom. The molecule has 0 saturated heterocycles. The fourth-order valence-corrected chi connectivity index (χ4v) is 11.3. The van der Waals surface area contributed by atoms with Crippen molar-refractivity contribution < 1.29 is 0 Å². The summed E-state index contributed by atoms with van der Waals surface area (Å²) in [4.78, 5) is 5.51. The van der Waals surface area contributed by atoms with Crippen LogP contribution >= 0.6 is 23.5 Å². The van der Waals surface area contributed by atoms with Gasteiger partial charge in [0, 0.05) is 19.6 Å². The molecule has 0 nitrogen and oxygen atoms in total. The van der Waals surface area contributed by atoms with Crippen molar-refractivity contribution in [3.8, 4) is 33.4 Å². The van der Waals surface area contributed by atoms with Gasteiger partial charge < -0.3 is 0 Å². The Balaban J connectivity index is 1.20. The van der Waals surface area contributed by atoms with Crippen LogP contribution in [0.2, 0.25) is 0 Å². The second-order valence-corrected chi connectivity index (χ2v) is 18.4. The third kappa shape index (κ3) is 5.47. The van der Waals surface area contributed by atoms with E-state index in [4.69, 9.17) is 0 Å². The smallest absolute Gasteiger partial charge is 0.0911 e. The summed E-state index contributed by atoms with van der Waals surface area (Å²) >= 11 is 3.91. The van der Waals surface area contributed by atoms with Gasteiger partial charge in [0.2, 0.25) is 6.71 Å². The second-order valence-electron chi connectivity index (χ2n) is 16.3. The van der Waals surface area contributed by atoms with E-state index in [0.717, 1.165) is 0 Å². The summed E-state index contributed by atoms with van der Waals surface area (Å²) in [6, 6.07) is 57.6. The van der Waals surface area contributed by atoms with Crippen molar-refractivity contribution >= 4 is 68.2 Å². The van der Waals surface area contributed by atoms with Gasteiger partial charge in [-0.25, -0.2) is 0 Å². The fraction of sp³-hybridized carbons (Fsp3) is 0.137. The molecule has 0 radical (unpaired) electrons. The first-order valence-electron chi connectivity index (χ1n) is 19.1. The molecule has 0 aromatic heterocycles. The molecule has 0 spiro atoms. The van der Waals surface area contributed by atoms with Crippen molar-refractivity contribution in [2.75, 3.05) is 0 Å². The molecule has 260 valence electrons. The van der Waals surface area contributed by atoms with Gasteiger partial charge in [0.25, 0.3) is 0 Å². The largest absolute Gasteiger partial charge is 0.247 e. The first-order valence-corrected chi connectivity index (χ1v) is 20.8. The molecule has 0 unspecified atom stereocenters. The van der Waals surface area contributed by atoms with Gasteiger partial charge in [0.05, 0.1) is 0 Å². The van der Waals surface area contributed by atoms with Crippen LogP contribution in [0.1, 0.15) is 51.7 Å². The van der Waals surface area contributed by atoms with Gasteiger partial charge in [-0.2, -0.15) is 0 Å². The van der Waals surface area contributed by atoms with Crippen molar-refractivity contribution in [1.82, 2.24) is 0 Å². The maximum atomic E-state index is 2.50. The summed E-state index contributed by atoms with van der Waals surface area (Å²) in [5.41, 5.74) is 14.9. The van der Waals surface area contributed by atoms with Crippen LogP contribution in [0.15, 0.2) is 171 Å². The van der Waals surface area contributed by atoms with Gasteiger partial charge in [-0.1, -0.05) is 190 Å². The summed E-state index contributed by atoms with van der Waals surface area (Å²) in [6.45, 7) is 11.8. The minimum absolute atomic E-state index is 0.0878. The molecule has 0 bridgehead atoms. The molecule has 3 heteroatoms. The topological polar surface area (TPSA) is 0 Å². The van der Waals surface area contributed by atoms with Gasteiger partial charge in [-0.05, 0) is 113 Å². The molecule has 0 aliphatic carbocycles. The minimum atomic E-state index is 0.0878. The quantitative estimate of drug-likeness (QED) is 0.131. The molecule has 10 rings (SSSR count). The zero-order chi connectivity index (χ0) is 36.7. The normalized spacial score (nSPS) is 13.3. The van der Waals surface area contributed by atoms with E-state index in [1.165, 1.54) is 102 Å². The summed E-state index contributed by atoms with van der Waals surface area (Å²) in [6.07, 6.45) is 0. The third-order valence-corrected chi connectivity index (χ3v) is 13.8. The number of benzene rings is 8. The first kappa shape index (κ1) is 33.6. The van der Waals surface area contributed by atoms with Crippen LogP contribution in [0.3, 0.4) is 0 Å². The second kappa shape index (κ2) is 12.8. The molecule has 8 aromatic rings. The Morgan fingerprint density at radius 1 is 0.444 bits per heavy atom. The predicted octanol–water partition coefficient (Wildman–Crippen LogP) is 12.9. The molecule has 0 fully saturated rings. The van der Waals surface area contributed by atoms with E-state index >= 15 is 0 Å². The standard InChI is InChI=1S/C51H41BS2/c1-31(2)33-25-34(27-36(26-33)49-40-19-11-9-17-38(40)48(32-15-7-6-8-16-32)39-18-10-12-20-41(39)49)35-28-46-50-47(29-35)54-45-30-37(51(3,4)5)23-24-43(45)52(50)42-21-13-14-22-44(42)53-46/h6-31H,1-5H3. The maximum absolute atomic E-state index is 2.50. The van der Waals surface area contributed by atoms with Crippen molar-refractivity contribution in [2.24, 2.45) is 0 Å². The van der Waals surface area contributed by atoms with Gasteiger partial charge >= 0.3 is 0 Å². The molecule has 2 aliphatic heterocycles. The first-order chi connectivity index (χ1) is 26.2. The Labute approximate surface area is 328 Å². The fourth-order valence-electron chi connectivity index (χ4n) is 8.73. The minimum Gasteiger partial charge on any atom is -0.0911 e. The van der Waals surface area contributed by atoms with Crippen LogP contribution in [0.5, 0.6) is 0 Å². The zero-order valence-corrected chi connectivity index (χ0v) is 33.0. The lowest BCUT2D eigenvalue weighted by Gasteiger charge is -2.34. The van der Waals surface area contributed by atoms with Gasteiger partial charge in [0.15, 0.2) is 0 Å². The number of hydrogen-bond donors (Lipinski definition) is 0. The SMILES string of the molecule is CC(C)c1cc(-c2cc3c4c(c2)Sc2cc(C(C)(C)C)ccc2B4c2ccccc2S3)cc(-c2c3ccccc3c(-c3ccccc3)c3ccccc23)c1. The summed E-state index contributed by atoms with van der Waals surface area (Å²) < 4.78 is 0. The molecular weight excluding hydrogens is 688 g/mol. The number of fused-ring (bicyclic) bond motifs is 6. The molecular formula is C51H41BS2. The summed E-state index contributed by atoms with van der Waals surface area (Å²) in [5.74, 6) is 0.378. The lowest BCUT2D eigenvalue weighted by Crippen LogP contribution is -2.58. The zero-order valence-electron chi connectivity index (χ0n) is 31.4. The van der Waals surface area contributed by atoms with Crippen LogP contribution in [0, 0.1) is 0 Å². The monoisotopic (exact) mass is 728 g/mol. The van der Waals surface area contributed by atoms with E-state index in [9.17, 15) is 0 Å². The van der Waals surface area contributed by atoms with Crippen molar-refractivity contribution in [3.05, 3.63) is 163 Å². The van der Waals surface area contributed by atoms with E-state index in [-0.39, 0.29) is 12.1 Å². The van der Waals surface area contributed by atoms with Crippen LogP contribution in [-0.2, 0) is 5.41 Å². The molecule has 2 heterocycles. The van der Waals surface area contributed by atoms with E-state index in [1.54, 1.807) is 0 Å². The highest BCUT2D eigenvalue weighted by Crippen LogP contribution is 2.46. The number of rotatable bonds is 4. The lowest BCUT2D eigenvalue weighted by molar-refractivity contribution is 0.589. The molecule has 2 aliphatic rings. The van der Waals surface area contributed by atoms with E-state index in [1.807, 2.05) is 23.5 Å². The van der Waals surface area contributed by atoms with Crippen molar-refractivity contribution in [3.63, 3.8) is 0 Å². The van der Waals surface area contributed by atoms with Crippen LogP contribution in [0.4, 0.5) is 0 Å². The Kier molecular flexibility index (Phi) is 7.98. The highest BCUT2D eigenvalue weighted by Gasteiger charge is 2.38. The Bertz CT molecular complexity index is 2730. The van der Waals surface area contributed by atoms with E-state index in [2.05, 4.69) is 186 Å². The lowest BCUT2D eigenvalue weighted by atomic mass is 9.36. The predicted molar refractivity (Wildman–Crippen MR) is 236 cm³/mol. The van der Waals surface area contributed by atoms with Crippen molar-refractivity contribution in [2.45, 2.75) is 65.5 Å². The average Bonchev–Trinajstić information content (AvgIpc) is 3.19. The molecule has 0 saturated carbocycles. The maximum Gasteiger partial charge on any atom is 0.247 e. The van der Waals surface area contributed by atoms with Gasteiger partial charge in [-0.15, -0.1) is 0 Å².